The van der Waals surface area contributed by atoms with Crippen LogP contribution >= 0.6 is 0 Å². The van der Waals surface area contributed by atoms with E-state index in [1.807, 2.05) is 52.2 Å². The number of allylic oxidation sites excluding steroid dienone is 1. The third-order valence-electron chi connectivity index (χ3n) is 6.15. The molecule has 0 fully saturated rings. The Bertz CT molecular complexity index is 1060. The molecular weight excluding hydrogens is 366 g/mol. The van der Waals surface area contributed by atoms with Gasteiger partial charge in [0.1, 0.15) is 17.3 Å². The summed E-state index contributed by atoms with van der Waals surface area (Å²) < 4.78 is 0. The molecule has 7 nitrogen and oxygen atoms in total. The lowest BCUT2D eigenvalue weighted by molar-refractivity contribution is -0.125. The first kappa shape index (κ1) is 19.2. The van der Waals surface area contributed by atoms with E-state index >= 15 is 0 Å². The van der Waals surface area contributed by atoms with Crippen LogP contribution in [0.4, 0.5) is 5.69 Å². The maximum atomic E-state index is 13.8. The SMILES string of the molecule is CN1C(=O)[C@]2(C(C#N)=C(N)N(N(C)C)C3=C2C(=O)CC(C)(C)C3)c2ccccc21. The van der Waals surface area contributed by atoms with Crippen LogP contribution in [0.3, 0.4) is 0 Å². The van der Waals surface area contributed by atoms with Crippen molar-refractivity contribution in [3.63, 3.8) is 0 Å². The molecule has 0 radical (unpaired) electrons. The number of ketones is 1. The average Bonchev–Trinajstić information content (AvgIpc) is 2.84. The lowest BCUT2D eigenvalue weighted by atomic mass is 9.61. The Morgan fingerprint density at radius 3 is 2.45 bits per heavy atom. The molecule has 1 spiro atoms. The second-order valence-electron chi connectivity index (χ2n) is 8.93. The van der Waals surface area contributed by atoms with Crippen LogP contribution in [0.25, 0.3) is 0 Å². The van der Waals surface area contributed by atoms with Gasteiger partial charge in [-0.1, -0.05) is 32.0 Å². The number of rotatable bonds is 1. The Balaban J connectivity index is 2.17. The Kier molecular flexibility index (Phi) is 3.94. The molecule has 4 rings (SSSR count). The van der Waals surface area contributed by atoms with E-state index in [4.69, 9.17) is 5.73 Å². The maximum absolute atomic E-state index is 13.8. The van der Waals surface area contributed by atoms with Crippen molar-refractivity contribution in [2.45, 2.75) is 32.1 Å². The number of benzene rings is 1. The van der Waals surface area contributed by atoms with Gasteiger partial charge >= 0.3 is 0 Å². The monoisotopic (exact) mass is 391 g/mol. The largest absolute Gasteiger partial charge is 0.383 e. The summed E-state index contributed by atoms with van der Waals surface area (Å²) in [5.41, 5.74) is 7.30. The van der Waals surface area contributed by atoms with Crippen LogP contribution in [0.2, 0.25) is 0 Å². The molecule has 7 heteroatoms. The first-order valence-electron chi connectivity index (χ1n) is 9.60. The summed E-state index contributed by atoms with van der Waals surface area (Å²) in [4.78, 5) is 28.8. The van der Waals surface area contributed by atoms with Crippen molar-refractivity contribution in [1.82, 2.24) is 10.0 Å². The number of nitriles is 1. The number of anilines is 1. The van der Waals surface area contributed by atoms with E-state index in [1.54, 1.807) is 17.1 Å². The summed E-state index contributed by atoms with van der Waals surface area (Å²) >= 11 is 0. The average molecular weight is 391 g/mol. The van der Waals surface area contributed by atoms with Crippen molar-refractivity contribution in [1.29, 1.82) is 5.26 Å². The normalized spacial score (nSPS) is 25.7. The number of Topliss-reactive ketones (excluding diaryl/α,β-unsaturated/α-hetero) is 1. The Labute approximate surface area is 170 Å². The van der Waals surface area contributed by atoms with E-state index in [2.05, 4.69) is 6.07 Å². The minimum atomic E-state index is -1.49. The Morgan fingerprint density at radius 1 is 1.17 bits per heavy atom. The van der Waals surface area contributed by atoms with Gasteiger partial charge in [0.25, 0.3) is 0 Å². The minimum absolute atomic E-state index is 0.109. The molecule has 150 valence electrons. The summed E-state index contributed by atoms with van der Waals surface area (Å²) in [7, 11) is 5.30. The van der Waals surface area contributed by atoms with E-state index in [1.165, 1.54) is 4.90 Å². The molecule has 1 aromatic rings. The first-order valence-corrected chi connectivity index (χ1v) is 9.60. The molecule has 0 aromatic heterocycles. The van der Waals surface area contributed by atoms with Crippen LogP contribution in [0.1, 0.15) is 32.3 Å². The molecule has 2 aliphatic heterocycles. The molecule has 2 heterocycles. The van der Waals surface area contributed by atoms with Crippen LogP contribution in [0.15, 0.2) is 46.9 Å². The Morgan fingerprint density at radius 2 is 1.83 bits per heavy atom. The molecule has 1 aliphatic carbocycles. The highest BCUT2D eigenvalue weighted by Gasteiger charge is 2.62. The van der Waals surface area contributed by atoms with Gasteiger partial charge in [0.05, 0.1) is 5.57 Å². The van der Waals surface area contributed by atoms with Crippen molar-refractivity contribution in [2.75, 3.05) is 26.0 Å². The summed E-state index contributed by atoms with van der Waals surface area (Å²) in [5.74, 6) is -0.223. The van der Waals surface area contributed by atoms with E-state index in [0.717, 1.165) is 0 Å². The van der Waals surface area contributed by atoms with Crippen LogP contribution in [-0.4, -0.2) is 42.9 Å². The second kappa shape index (κ2) is 5.94. The van der Waals surface area contributed by atoms with Gasteiger partial charge in [-0.05, 0) is 17.9 Å². The fraction of sp³-hybridized carbons (Fsp3) is 0.409. The maximum Gasteiger partial charge on any atom is 0.247 e. The van der Waals surface area contributed by atoms with Gasteiger partial charge in [-0.15, -0.1) is 0 Å². The molecular formula is C22H25N5O2. The third-order valence-corrected chi connectivity index (χ3v) is 6.15. The zero-order valence-corrected chi connectivity index (χ0v) is 17.4. The highest BCUT2D eigenvalue weighted by Crippen LogP contribution is 2.57. The zero-order valence-electron chi connectivity index (χ0n) is 17.4. The quantitative estimate of drug-likeness (QED) is 0.787. The van der Waals surface area contributed by atoms with Crippen LogP contribution in [-0.2, 0) is 15.0 Å². The topological polar surface area (TPSA) is 93.7 Å². The van der Waals surface area contributed by atoms with Gasteiger partial charge in [0.2, 0.25) is 5.91 Å². The number of carbonyl (C=O) groups excluding carboxylic acids is 2. The number of nitrogens with zero attached hydrogens (tertiary/aromatic N) is 4. The molecule has 0 saturated carbocycles. The Hall–Kier alpha value is -3.11. The van der Waals surface area contributed by atoms with Crippen molar-refractivity contribution in [3.05, 3.63) is 52.5 Å². The highest BCUT2D eigenvalue weighted by molar-refractivity contribution is 6.20. The second-order valence-corrected chi connectivity index (χ2v) is 8.93. The highest BCUT2D eigenvalue weighted by atomic mass is 16.2. The third kappa shape index (κ3) is 2.26. The van der Waals surface area contributed by atoms with Gasteiger partial charge in [-0.3, -0.25) is 14.6 Å². The molecule has 1 amide bonds. The first-order chi connectivity index (χ1) is 13.6. The summed E-state index contributed by atoms with van der Waals surface area (Å²) in [6.45, 7) is 4.07. The molecule has 0 saturated heterocycles. The molecule has 1 aromatic carbocycles. The number of hydrazine groups is 1. The van der Waals surface area contributed by atoms with E-state index in [9.17, 15) is 14.9 Å². The number of fused-ring (bicyclic) bond motifs is 3. The summed E-state index contributed by atoms with van der Waals surface area (Å²) in [6, 6.07) is 9.52. The number of hydrogen-bond acceptors (Lipinski definition) is 6. The smallest absolute Gasteiger partial charge is 0.247 e. The summed E-state index contributed by atoms with van der Waals surface area (Å²) in [5, 5.41) is 13.6. The van der Waals surface area contributed by atoms with Crippen molar-refractivity contribution >= 4 is 17.4 Å². The number of likely N-dealkylation sites (N-methyl/N-ethyl adjacent to an activating group) is 1. The van der Waals surface area contributed by atoms with Gasteiger partial charge in [0, 0.05) is 50.1 Å². The van der Waals surface area contributed by atoms with Crippen LogP contribution < -0.4 is 10.6 Å². The van der Waals surface area contributed by atoms with E-state index < -0.39 is 5.41 Å². The number of para-hydroxylation sites is 1. The van der Waals surface area contributed by atoms with Gasteiger partial charge in [-0.25, -0.2) is 5.01 Å². The lowest BCUT2D eigenvalue weighted by Crippen LogP contribution is -2.55. The summed E-state index contributed by atoms with van der Waals surface area (Å²) in [6.07, 6.45) is 0.888. The van der Waals surface area contributed by atoms with Crippen molar-refractivity contribution in [3.8, 4) is 6.07 Å². The molecule has 29 heavy (non-hydrogen) atoms. The number of hydrogen-bond donors (Lipinski definition) is 1. The minimum Gasteiger partial charge on any atom is -0.383 e. The van der Waals surface area contributed by atoms with Gasteiger partial charge in [0.15, 0.2) is 5.78 Å². The lowest BCUT2D eigenvalue weighted by Gasteiger charge is -2.48. The number of carbonyl (C=O) groups is 2. The predicted octanol–water partition coefficient (Wildman–Crippen LogP) is 2.03. The van der Waals surface area contributed by atoms with Gasteiger partial charge < -0.3 is 10.6 Å². The molecule has 0 bridgehead atoms. The fourth-order valence-electron chi connectivity index (χ4n) is 5.10. The predicted molar refractivity (Wildman–Crippen MR) is 109 cm³/mol. The molecule has 2 N–H and O–H groups in total. The van der Waals surface area contributed by atoms with Crippen molar-refractivity contribution < 1.29 is 9.59 Å². The fourth-order valence-corrected chi connectivity index (χ4v) is 5.10. The standard InChI is InChI=1S/C22H25N5O2/c1-21(2)10-16-18(17(28)11-21)22(14(12-23)19(24)27(16)25(3)4)13-8-6-7-9-15(13)26(5)20(22)29/h6-9H,10-11,24H2,1-5H3/t22-/m0/s1. The van der Waals surface area contributed by atoms with Crippen LogP contribution in [0.5, 0.6) is 0 Å². The van der Waals surface area contributed by atoms with Crippen molar-refractivity contribution in [2.24, 2.45) is 11.1 Å². The number of nitrogens with two attached hydrogens (primary N) is 1. The van der Waals surface area contributed by atoms with E-state index in [0.29, 0.717) is 35.4 Å². The number of amides is 1. The zero-order chi connectivity index (χ0) is 21.3. The molecule has 0 unspecified atom stereocenters. The van der Waals surface area contributed by atoms with Gasteiger partial charge in [-0.2, -0.15) is 5.26 Å². The van der Waals surface area contributed by atoms with E-state index in [-0.39, 0.29) is 28.5 Å². The molecule has 3 aliphatic rings. The molecule has 1 atom stereocenters. The van der Waals surface area contributed by atoms with Crippen LogP contribution in [0, 0.1) is 16.7 Å².